The Labute approximate surface area is 238 Å². The molecule has 216 valence electrons. The molecule has 8 nitrogen and oxygen atoms in total. The molecule has 2 amide bonds. The number of alkyl carbamates (subject to hydrolysis) is 1. The van der Waals surface area contributed by atoms with Crippen molar-refractivity contribution in [2.24, 2.45) is 5.41 Å². The van der Waals surface area contributed by atoms with Gasteiger partial charge in [0.1, 0.15) is 12.1 Å². The number of ether oxygens (including phenoxy) is 1. The third kappa shape index (κ3) is 8.60. The maximum absolute atomic E-state index is 13.1. The lowest BCUT2D eigenvalue weighted by Crippen LogP contribution is -2.50. The van der Waals surface area contributed by atoms with Crippen LogP contribution in [0.1, 0.15) is 71.0 Å². The van der Waals surface area contributed by atoms with E-state index in [0.29, 0.717) is 26.1 Å². The van der Waals surface area contributed by atoms with Crippen LogP contribution in [0.5, 0.6) is 0 Å². The van der Waals surface area contributed by atoms with E-state index in [9.17, 15) is 14.4 Å². The van der Waals surface area contributed by atoms with E-state index in [4.69, 9.17) is 4.74 Å². The van der Waals surface area contributed by atoms with Gasteiger partial charge in [-0.2, -0.15) is 0 Å². The maximum atomic E-state index is 13.1. The molecular formula is C32H44N4O4. The number of benzene rings is 2. The number of hydrogen-bond donors (Lipinski definition) is 2. The number of unbranched alkanes of at least 4 members (excludes halogenated alkanes) is 1. The largest absolute Gasteiger partial charge is 0.444 e. The zero-order valence-electron chi connectivity index (χ0n) is 24.6. The average Bonchev–Trinajstić information content (AvgIpc) is 3.30. The Morgan fingerprint density at radius 1 is 0.975 bits per heavy atom. The summed E-state index contributed by atoms with van der Waals surface area (Å²) < 4.78 is 5.92. The van der Waals surface area contributed by atoms with Crippen molar-refractivity contribution in [2.45, 2.75) is 72.1 Å². The molecule has 0 fully saturated rings. The second-order valence-corrected chi connectivity index (χ2v) is 11.6. The summed E-state index contributed by atoms with van der Waals surface area (Å²) in [5.41, 5.74) is 2.76. The summed E-state index contributed by atoms with van der Waals surface area (Å²) >= 11 is 0. The Bertz CT molecular complexity index is 1160. The fourth-order valence-corrected chi connectivity index (χ4v) is 4.61. The summed E-state index contributed by atoms with van der Waals surface area (Å²) in [5, 5.41) is 5.46. The van der Waals surface area contributed by atoms with Crippen molar-refractivity contribution in [1.29, 1.82) is 0 Å². The van der Waals surface area contributed by atoms with Crippen LogP contribution in [0.15, 0.2) is 66.9 Å². The Balaban J connectivity index is 1.66. The number of ketones is 1. The number of nitrogens with one attached hydrogen (secondary N) is 2. The Morgan fingerprint density at radius 2 is 1.60 bits per heavy atom. The SMILES string of the molecule is CCCC[C@H](NC(=O)O[C@H](CN1C=C(c2ccccc2)N(C)C1)C(C)(C)C)C(=O)C(=O)N[C@H](C)c1ccccc1. The number of hydrogen-bond acceptors (Lipinski definition) is 6. The highest BCUT2D eigenvalue weighted by atomic mass is 16.6. The van der Waals surface area contributed by atoms with Crippen molar-refractivity contribution in [1.82, 2.24) is 20.4 Å². The third-order valence-electron chi connectivity index (χ3n) is 7.12. The number of amides is 2. The second kappa shape index (κ2) is 14.0. The van der Waals surface area contributed by atoms with Crippen LogP contribution < -0.4 is 10.6 Å². The van der Waals surface area contributed by atoms with E-state index >= 15 is 0 Å². The molecule has 3 rings (SSSR count). The first-order chi connectivity index (χ1) is 19.0. The molecule has 1 aliphatic heterocycles. The fraction of sp³-hybridized carbons (Fsp3) is 0.469. The van der Waals surface area contributed by atoms with Crippen LogP contribution >= 0.6 is 0 Å². The highest BCUT2D eigenvalue weighted by molar-refractivity contribution is 6.38. The molecule has 1 heterocycles. The number of rotatable bonds is 12. The first-order valence-electron chi connectivity index (χ1n) is 14.1. The van der Waals surface area contributed by atoms with E-state index in [2.05, 4.69) is 38.8 Å². The fourth-order valence-electron chi connectivity index (χ4n) is 4.61. The van der Waals surface area contributed by atoms with E-state index in [0.717, 1.165) is 23.2 Å². The van der Waals surface area contributed by atoms with Gasteiger partial charge in [0, 0.05) is 18.7 Å². The third-order valence-corrected chi connectivity index (χ3v) is 7.12. The molecule has 0 aliphatic carbocycles. The molecule has 8 heteroatoms. The van der Waals surface area contributed by atoms with Gasteiger partial charge in [-0.3, -0.25) is 9.59 Å². The lowest BCUT2D eigenvalue weighted by atomic mass is 9.88. The molecule has 0 aromatic heterocycles. The molecular weight excluding hydrogens is 504 g/mol. The first-order valence-corrected chi connectivity index (χ1v) is 14.1. The van der Waals surface area contributed by atoms with Gasteiger partial charge in [0.25, 0.3) is 5.91 Å². The van der Waals surface area contributed by atoms with Gasteiger partial charge in [-0.25, -0.2) is 4.79 Å². The maximum Gasteiger partial charge on any atom is 0.408 e. The Hall–Kier alpha value is -3.81. The second-order valence-electron chi connectivity index (χ2n) is 11.6. The van der Waals surface area contributed by atoms with Gasteiger partial charge in [-0.05, 0) is 24.5 Å². The van der Waals surface area contributed by atoms with Gasteiger partial charge in [0.2, 0.25) is 5.78 Å². The van der Waals surface area contributed by atoms with Crippen LogP contribution in [0, 0.1) is 5.41 Å². The van der Waals surface area contributed by atoms with E-state index in [1.807, 2.05) is 90.2 Å². The Morgan fingerprint density at radius 3 is 2.20 bits per heavy atom. The molecule has 0 saturated heterocycles. The normalized spacial score (nSPS) is 15.6. The van der Waals surface area contributed by atoms with Gasteiger partial charge in [-0.15, -0.1) is 0 Å². The number of carbonyl (C=O) groups is 3. The van der Waals surface area contributed by atoms with Crippen LogP contribution in [0.2, 0.25) is 0 Å². The van der Waals surface area contributed by atoms with Crippen molar-refractivity contribution in [3.05, 3.63) is 78.0 Å². The van der Waals surface area contributed by atoms with Gasteiger partial charge < -0.3 is 25.2 Å². The van der Waals surface area contributed by atoms with Crippen molar-refractivity contribution in [3.8, 4) is 0 Å². The standard InChI is InChI=1S/C32H44N4O4/c1-7-8-19-26(29(37)30(38)33-23(2)24-15-11-9-12-16-24)34-31(39)40-28(32(3,4)5)21-36-20-27(35(6)22-36)25-17-13-10-14-18-25/h9-18,20,23,26,28H,7-8,19,21-22H2,1-6H3,(H,33,38)(H,34,39)/t23-,26+,28-/m1/s1. The number of Topliss-reactive ketones (excluding diaryl/α,β-unsaturated/α-hetero) is 1. The minimum absolute atomic E-state index is 0.339. The average molecular weight is 549 g/mol. The predicted molar refractivity (Wildman–Crippen MR) is 158 cm³/mol. The van der Waals surface area contributed by atoms with Crippen LogP contribution in [0.4, 0.5) is 4.79 Å². The van der Waals surface area contributed by atoms with E-state index in [-0.39, 0.29) is 11.5 Å². The molecule has 0 unspecified atom stereocenters. The van der Waals surface area contributed by atoms with Crippen LogP contribution in [-0.4, -0.2) is 60.0 Å². The van der Waals surface area contributed by atoms with E-state index in [1.54, 1.807) is 0 Å². The number of carbonyl (C=O) groups excluding carboxylic acids is 3. The summed E-state index contributed by atoms with van der Waals surface area (Å²) in [4.78, 5) is 43.3. The highest BCUT2D eigenvalue weighted by Crippen LogP contribution is 2.28. The summed E-state index contributed by atoms with van der Waals surface area (Å²) in [6.07, 6.45) is 2.80. The van der Waals surface area contributed by atoms with Gasteiger partial charge in [-0.1, -0.05) is 101 Å². The van der Waals surface area contributed by atoms with Crippen LogP contribution in [0.25, 0.3) is 5.70 Å². The zero-order valence-corrected chi connectivity index (χ0v) is 24.6. The topological polar surface area (TPSA) is 91.0 Å². The van der Waals surface area contributed by atoms with E-state index in [1.165, 1.54) is 0 Å². The predicted octanol–water partition coefficient (Wildman–Crippen LogP) is 5.34. The molecule has 3 atom stereocenters. The lowest BCUT2D eigenvalue weighted by Gasteiger charge is -2.34. The summed E-state index contributed by atoms with van der Waals surface area (Å²) in [6.45, 7) is 11.0. The monoisotopic (exact) mass is 548 g/mol. The van der Waals surface area contributed by atoms with Gasteiger partial charge in [0.15, 0.2) is 0 Å². The minimum Gasteiger partial charge on any atom is -0.444 e. The van der Waals surface area contributed by atoms with E-state index < -0.39 is 29.9 Å². The molecule has 0 bridgehead atoms. The molecule has 1 aliphatic rings. The van der Waals surface area contributed by atoms with Crippen LogP contribution in [-0.2, 0) is 14.3 Å². The van der Waals surface area contributed by atoms with Gasteiger partial charge >= 0.3 is 6.09 Å². The molecule has 2 aromatic rings. The highest BCUT2D eigenvalue weighted by Gasteiger charge is 2.34. The minimum atomic E-state index is -0.960. The molecule has 2 aromatic carbocycles. The Kier molecular flexibility index (Phi) is 10.8. The van der Waals surface area contributed by atoms with Crippen molar-refractivity contribution in [2.75, 3.05) is 20.3 Å². The summed E-state index contributed by atoms with van der Waals surface area (Å²) in [6, 6.07) is 18.3. The molecule has 0 spiro atoms. The summed E-state index contributed by atoms with van der Waals surface area (Å²) in [7, 11) is 2.03. The lowest BCUT2D eigenvalue weighted by molar-refractivity contribution is -0.139. The molecule has 2 N–H and O–H groups in total. The quantitative estimate of drug-likeness (QED) is 0.348. The van der Waals surface area contributed by atoms with Gasteiger partial charge in [0.05, 0.1) is 25.0 Å². The first kappa shape index (κ1) is 30.7. The van der Waals surface area contributed by atoms with Crippen molar-refractivity contribution >= 4 is 23.5 Å². The zero-order chi connectivity index (χ0) is 29.3. The molecule has 0 radical (unpaired) electrons. The molecule has 40 heavy (non-hydrogen) atoms. The van der Waals surface area contributed by atoms with Crippen molar-refractivity contribution < 1.29 is 19.1 Å². The van der Waals surface area contributed by atoms with Crippen LogP contribution in [0.3, 0.4) is 0 Å². The van der Waals surface area contributed by atoms with Crippen molar-refractivity contribution in [3.63, 3.8) is 0 Å². The smallest absolute Gasteiger partial charge is 0.408 e. The summed E-state index contributed by atoms with van der Waals surface area (Å²) in [5.74, 6) is -1.39. The number of nitrogens with zero attached hydrogens (tertiary/aromatic N) is 2. The molecule has 0 saturated carbocycles.